The van der Waals surface area contributed by atoms with Gasteiger partial charge < -0.3 is 25.2 Å². The number of aliphatic hydroxyl groups excluding tert-OH is 1. The van der Waals surface area contributed by atoms with Gasteiger partial charge in [-0.15, -0.1) is 0 Å². The van der Waals surface area contributed by atoms with Crippen LogP contribution in [0.4, 0.5) is 0 Å². The van der Waals surface area contributed by atoms with Crippen LogP contribution >= 0.6 is 0 Å². The molecule has 22 heavy (non-hydrogen) atoms. The van der Waals surface area contributed by atoms with Crippen LogP contribution in [0.25, 0.3) is 0 Å². The van der Waals surface area contributed by atoms with Crippen molar-refractivity contribution in [3.8, 4) is 5.75 Å². The van der Waals surface area contributed by atoms with Crippen LogP contribution in [-0.4, -0.2) is 50.5 Å². The van der Waals surface area contributed by atoms with Gasteiger partial charge in [-0.3, -0.25) is 4.79 Å². The lowest BCUT2D eigenvalue weighted by Gasteiger charge is -2.27. The number of carbonyl (C=O) groups is 1. The van der Waals surface area contributed by atoms with E-state index in [1.165, 1.54) is 0 Å². The lowest BCUT2D eigenvalue weighted by atomic mass is 10.0. The Hall–Kier alpha value is -1.63. The second-order valence-electron chi connectivity index (χ2n) is 5.30. The molecule has 122 valence electrons. The zero-order valence-electron chi connectivity index (χ0n) is 12.9. The highest BCUT2D eigenvalue weighted by atomic mass is 16.5. The molecule has 6 heteroatoms. The average Bonchev–Trinajstić information content (AvgIpc) is 2.54. The van der Waals surface area contributed by atoms with E-state index in [1.54, 1.807) is 7.11 Å². The van der Waals surface area contributed by atoms with Crippen LogP contribution in [0, 0.1) is 0 Å². The Morgan fingerprint density at radius 2 is 2.32 bits per heavy atom. The molecule has 0 spiro atoms. The first-order valence-electron chi connectivity index (χ1n) is 7.62. The number of methoxy groups -OCH3 is 1. The van der Waals surface area contributed by atoms with Gasteiger partial charge in [0.1, 0.15) is 11.9 Å². The number of hydrogen-bond acceptors (Lipinski definition) is 5. The highest BCUT2D eigenvalue weighted by molar-refractivity contribution is 5.81. The fraction of sp³-hybridized carbons (Fsp3) is 0.562. The van der Waals surface area contributed by atoms with E-state index in [0.29, 0.717) is 26.2 Å². The Bertz CT molecular complexity index is 481. The van der Waals surface area contributed by atoms with E-state index in [-0.39, 0.29) is 18.5 Å². The number of nitrogens with one attached hydrogen (secondary N) is 2. The summed E-state index contributed by atoms with van der Waals surface area (Å²) < 4.78 is 10.5. The monoisotopic (exact) mass is 308 g/mol. The summed E-state index contributed by atoms with van der Waals surface area (Å²) in [6.07, 6.45) is 0.493. The summed E-state index contributed by atoms with van der Waals surface area (Å²) in [6.45, 7) is 2.17. The number of benzene rings is 1. The molecule has 1 amide bonds. The summed E-state index contributed by atoms with van der Waals surface area (Å²) in [5.41, 5.74) is 0.961. The van der Waals surface area contributed by atoms with Crippen molar-refractivity contribution in [3.05, 3.63) is 29.8 Å². The number of ether oxygens (including phenoxy) is 2. The maximum absolute atomic E-state index is 12.1. The summed E-state index contributed by atoms with van der Waals surface area (Å²) in [5, 5.41) is 15.9. The number of para-hydroxylation sites is 1. The molecular weight excluding hydrogens is 284 g/mol. The molecule has 1 aromatic rings. The van der Waals surface area contributed by atoms with Gasteiger partial charge in [-0.25, -0.2) is 0 Å². The van der Waals surface area contributed by atoms with E-state index >= 15 is 0 Å². The minimum absolute atomic E-state index is 0.111. The third-order valence-corrected chi connectivity index (χ3v) is 3.62. The summed E-state index contributed by atoms with van der Waals surface area (Å²) in [5.74, 6) is 0.437. The van der Waals surface area contributed by atoms with Crippen molar-refractivity contribution in [2.24, 2.45) is 0 Å². The molecule has 0 saturated carbocycles. The second-order valence-corrected chi connectivity index (χ2v) is 5.30. The molecule has 1 aliphatic rings. The SMILES string of the molecule is COCCCNCC(O)C(=O)NC1CCOc2ccccc21. The third kappa shape index (κ3) is 4.69. The van der Waals surface area contributed by atoms with E-state index in [1.807, 2.05) is 24.3 Å². The number of carbonyl (C=O) groups excluding carboxylic acids is 1. The number of rotatable bonds is 8. The first kappa shape index (κ1) is 16.7. The van der Waals surface area contributed by atoms with Gasteiger partial charge in [0.15, 0.2) is 0 Å². The van der Waals surface area contributed by atoms with Gasteiger partial charge in [-0.2, -0.15) is 0 Å². The first-order chi connectivity index (χ1) is 10.7. The molecule has 2 rings (SSSR count). The molecule has 1 aromatic carbocycles. The smallest absolute Gasteiger partial charge is 0.250 e. The Morgan fingerprint density at radius 3 is 3.14 bits per heavy atom. The van der Waals surface area contributed by atoms with Gasteiger partial charge in [0, 0.05) is 32.2 Å². The Labute approximate surface area is 130 Å². The lowest BCUT2D eigenvalue weighted by Crippen LogP contribution is -2.43. The number of aliphatic hydroxyl groups is 1. The summed E-state index contributed by atoms with van der Waals surface area (Å²) in [4.78, 5) is 12.1. The molecule has 0 bridgehead atoms. The second kappa shape index (κ2) is 8.73. The van der Waals surface area contributed by atoms with Crippen molar-refractivity contribution < 1.29 is 19.4 Å². The summed E-state index contributed by atoms with van der Waals surface area (Å²) in [7, 11) is 1.65. The maximum Gasteiger partial charge on any atom is 0.250 e. The minimum Gasteiger partial charge on any atom is -0.493 e. The van der Waals surface area contributed by atoms with Crippen molar-refractivity contribution in [1.29, 1.82) is 0 Å². The number of hydrogen-bond donors (Lipinski definition) is 3. The molecule has 0 fully saturated rings. The Morgan fingerprint density at radius 1 is 1.50 bits per heavy atom. The molecule has 2 atom stereocenters. The fourth-order valence-electron chi connectivity index (χ4n) is 2.43. The minimum atomic E-state index is -1.06. The van der Waals surface area contributed by atoms with Gasteiger partial charge in [0.25, 0.3) is 5.91 Å². The van der Waals surface area contributed by atoms with Gasteiger partial charge >= 0.3 is 0 Å². The topological polar surface area (TPSA) is 79.8 Å². The lowest BCUT2D eigenvalue weighted by molar-refractivity contribution is -0.130. The number of amides is 1. The van der Waals surface area contributed by atoms with Gasteiger partial charge in [-0.05, 0) is 19.0 Å². The van der Waals surface area contributed by atoms with Crippen molar-refractivity contribution in [3.63, 3.8) is 0 Å². The van der Waals surface area contributed by atoms with E-state index in [4.69, 9.17) is 9.47 Å². The van der Waals surface area contributed by atoms with E-state index < -0.39 is 6.10 Å². The molecule has 2 unspecified atom stereocenters. The zero-order chi connectivity index (χ0) is 15.8. The van der Waals surface area contributed by atoms with Crippen molar-refractivity contribution >= 4 is 5.91 Å². The highest BCUT2D eigenvalue weighted by Gasteiger charge is 2.25. The van der Waals surface area contributed by atoms with E-state index in [2.05, 4.69) is 10.6 Å². The predicted octanol–water partition coefficient (Wildman–Crippen LogP) is 0.613. The summed E-state index contributed by atoms with van der Waals surface area (Å²) in [6, 6.07) is 7.54. The van der Waals surface area contributed by atoms with Crippen molar-refractivity contribution in [1.82, 2.24) is 10.6 Å². The van der Waals surface area contributed by atoms with Crippen LogP contribution in [0.2, 0.25) is 0 Å². The summed E-state index contributed by atoms with van der Waals surface area (Å²) >= 11 is 0. The molecule has 0 radical (unpaired) electrons. The van der Waals surface area contributed by atoms with Gasteiger partial charge in [0.05, 0.1) is 12.6 Å². The normalized spacial score (nSPS) is 18.2. The molecule has 0 aromatic heterocycles. The molecule has 1 heterocycles. The van der Waals surface area contributed by atoms with E-state index in [9.17, 15) is 9.90 Å². The zero-order valence-corrected chi connectivity index (χ0v) is 12.9. The van der Waals surface area contributed by atoms with Crippen LogP contribution in [0.15, 0.2) is 24.3 Å². The molecule has 1 aliphatic heterocycles. The average molecular weight is 308 g/mol. The van der Waals surface area contributed by atoms with Gasteiger partial charge in [0.2, 0.25) is 0 Å². The standard InChI is InChI=1S/C16H24N2O4/c1-21-9-4-8-17-11-14(19)16(20)18-13-7-10-22-15-6-3-2-5-12(13)15/h2-3,5-6,13-14,17,19H,4,7-11H2,1H3,(H,18,20). The molecule has 6 nitrogen and oxygen atoms in total. The van der Waals surface area contributed by atoms with Crippen molar-refractivity contribution in [2.45, 2.75) is 25.0 Å². The van der Waals surface area contributed by atoms with Crippen molar-refractivity contribution in [2.75, 3.05) is 33.4 Å². The molecule has 0 aliphatic carbocycles. The van der Waals surface area contributed by atoms with Gasteiger partial charge in [-0.1, -0.05) is 18.2 Å². The molecule has 0 saturated heterocycles. The number of fused-ring (bicyclic) bond motifs is 1. The Balaban J connectivity index is 1.79. The molecule has 3 N–H and O–H groups in total. The van der Waals surface area contributed by atoms with Crippen LogP contribution in [0.5, 0.6) is 5.75 Å². The fourth-order valence-corrected chi connectivity index (χ4v) is 2.43. The van der Waals surface area contributed by atoms with E-state index in [0.717, 1.165) is 17.7 Å². The van der Waals surface area contributed by atoms with Crippen LogP contribution in [0.1, 0.15) is 24.4 Å². The third-order valence-electron chi connectivity index (χ3n) is 3.62. The molecular formula is C16H24N2O4. The van der Waals surface area contributed by atoms with Crippen LogP contribution in [-0.2, 0) is 9.53 Å². The maximum atomic E-state index is 12.1. The highest BCUT2D eigenvalue weighted by Crippen LogP contribution is 2.31. The predicted molar refractivity (Wildman–Crippen MR) is 82.8 cm³/mol. The van der Waals surface area contributed by atoms with Crippen LogP contribution < -0.4 is 15.4 Å². The quantitative estimate of drug-likeness (QED) is 0.613. The largest absolute Gasteiger partial charge is 0.493 e. The first-order valence-corrected chi connectivity index (χ1v) is 7.62. The van der Waals surface area contributed by atoms with Crippen LogP contribution in [0.3, 0.4) is 0 Å². The Kier molecular flexibility index (Phi) is 6.64.